The molecule has 1 unspecified atom stereocenters. The largest absolute Gasteiger partial charge is 0.469 e. The second kappa shape index (κ2) is 5.12. The van der Waals surface area contributed by atoms with E-state index in [0.29, 0.717) is 0 Å². The minimum atomic E-state index is -0.725. The Morgan fingerprint density at radius 1 is 1.71 bits per heavy atom. The summed E-state index contributed by atoms with van der Waals surface area (Å²) >= 11 is 1.48. The minimum Gasteiger partial charge on any atom is -0.469 e. The number of aliphatic hydroxyl groups is 1. The third-order valence-corrected chi connectivity index (χ3v) is 3.11. The fraction of sp³-hybridized carbons (Fsp3) is 0.500. The SMILES string of the molecule is CCc1ccsc1C(O)CC(=O)OC. The molecular weight excluding hydrogens is 200 g/mol. The molecule has 0 bridgehead atoms. The van der Waals surface area contributed by atoms with Crippen LogP contribution in [0.1, 0.15) is 29.9 Å². The van der Waals surface area contributed by atoms with Crippen molar-refractivity contribution in [3.63, 3.8) is 0 Å². The molecule has 1 N–H and O–H groups in total. The van der Waals surface area contributed by atoms with Gasteiger partial charge in [-0.2, -0.15) is 0 Å². The molecule has 0 saturated carbocycles. The Labute approximate surface area is 87.3 Å². The van der Waals surface area contributed by atoms with Gasteiger partial charge in [-0.15, -0.1) is 11.3 Å². The number of carbonyl (C=O) groups is 1. The van der Waals surface area contributed by atoms with Gasteiger partial charge in [0.1, 0.15) is 0 Å². The first-order valence-electron chi connectivity index (χ1n) is 4.50. The molecule has 14 heavy (non-hydrogen) atoms. The maximum atomic E-state index is 10.9. The molecule has 0 aromatic carbocycles. The van der Waals surface area contributed by atoms with E-state index in [9.17, 15) is 9.90 Å². The van der Waals surface area contributed by atoms with Crippen molar-refractivity contribution in [1.82, 2.24) is 0 Å². The van der Waals surface area contributed by atoms with Crippen LogP contribution in [0.3, 0.4) is 0 Å². The Kier molecular flexibility index (Phi) is 4.10. The summed E-state index contributed by atoms with van der Waals surface area (Å²) in [6.07, 6.45) is 0.179. The molecule has 3 nitrogen and oxygen atoms in total. The van der Waals surface area contributed by atoms with Gasteiger partial charge in [0.05, 0.1) is 19.6 Å². The first kappa shape index (κ1) is 11.2. The van der Waals surface area contributed by atoms with E-state index in [2.05, 4.69) is 4.74 Å². The number of hydrogen-bond acceptors (Lipinski definition) is 4. The average Bonchev–Trinajstić information content (AvgIpc) is 2.65. The predicted molar refractivity (Wildman–Crippen MR) is 55.3 cm³/mol. The summed E-state index contributed by atoms with van der Waals surface area (Å²) in [7, 11) is 1.32. The van der Waals surface area contributed by atoms with E-state index in [1.807, 2.05) is 18.4 Å². The van der Waals surface area contributed by atoms with E-state index >= 15 is 0 Å². The summed E-state index contributed by atoms with van der Waals surface area (Å²) in [5.74, 6) is -0.382. The number of hydrogen-bond donors (Lipinski definition) is 1. The van der Waals surface area contributed by atoms with Gasteiger partial charge in [0.15, 0.2) is 0 Å². The second-order valence-corrected chi connectivity index (χ2v) is 3.91. The van der Waals surface area contributed by atoms with Gasteiger partial charge < -0.3 is 9.84 Å². The second-order valence-electron chi connectivity index (χ2n) is 2.96. The first-order valence-corrected chi connectivity index (χ1v) is 5.38. The maximum Gasteiger partial charge on any atom is 0.308 e. The van der Waals surface area contributed by atoms with Crippen LogP contribution in [0.5, 0.6) is 0 Å². The van der Waals surface area contributed by atoms with Gasteiger partial charge in [0.2, 0.25) is 0 Å². The lowest BCUT2D eigenvalue weighted by molar-refractivity contribution is -0.142. The van der Waals surface area contributed by atoms with Crippen molar-refractivity contribution < 1.29 is 14.6 Å². The Bertz CT molecular complexity index is 306. The van der Waals surface area contributed by atoms with Crippen LogP contribution >= 0.6 is 11.3 Å². The van der Waals surface area contributed by atoms with Crippen LogP contribution in [-0.4, -0.2) is 18.2 Å². The highest BCUT2D eigenvalue weighted by Crippen LogP contribution is 2.27. The lowest BCUT2D eigenvalue weighted by atomic mass is 10.1. The van der Waals surface area contributed by atoms with Crippen molar-refractivity contribution in [2.24, 2.45) is 0 Å². The highest BCUT2D eigenvalue weighted by Gasteiger charge is 2.17. The summed E-state index contributed by atoms with van der Waals surface area (Å²) < 4.78 is 4.50. The molecule has 1 rings (SSSR count). The van der Waals surface area contributed by atoms with Crippen LogP contribution < -0.4 is 0 Å². The molecule has 0 aliphatic carbocycles. The number of rotatable bonds is 4. The van der Waals surface area contributed by atoms with Crippen LogP contribution in [0.4, 0.5) is 0 Å². The zero-order valence-corrected chi connectivity index (χ0v) is 9.13. The van der Waals surface area contributed by atoms with Gasteiger partial charge in [-0.05, 0) is 23.4 Å². The van der Waals surface area contributed by atoms with Crippen LogP contribution in [0.25, 0.3) is 0 Å². The van der Waals surface area contributed by atoms with E-state index < -0.39 is 6.10 Å². The highest BCUT2D eigenvalue weighted by atomic mass is 32.1. The normalized spacial score (nSPS) is 12.5. The van der Waals surface area contributed by atoms with Crippen molar-refractivity contribution >= 4 is 17.3 Å². The van der Waals surface area contributed by atoms with Gasteiger partial charge in [-0.25, -0.2) is 0 Å². The number of esters is 1. The number of aliphatic hydroxyl groups excluding tert-OH is 1. The Balaban J connectivity index is 2.68. The van der Waals surface area contributed by atoms with E-state index in [-0.39, 0.29) is 12.4 Å². The Hall–Kier alpha value is -0.870. The van der Waals surface area contributed by atoms with Gasteiger partial charge in [-0.1, -0.05) is 6.92 Å². The summed E-state index contributed by atoms with van der Waals surface area (Å²) in [5, 5.41) is 11.7. The van der Waals surface area contributed by atoms with Gasteiger partial charge in [0.25, 0.3) is 0 Å². The number of aryl methyl sites for hydroxylation is 1. The highest BCUT2D eigenvalue weighted by molar-refractivity contribution is 7.10. The minimum absolute atomic E-state index is 0.0318. The van der Waals surface area contributed by atoms with Crippen molar-refractivity contribution in [2.75, 3.05) is 7.11 Å². The summed E-state index contributed by atoms with van der Waals surface area (Å²) in [4.78, 5) is 11.8. The quantitative estimate of drug-likeness (QED) is 0.779. The van der Waals surface area contributed by atoms with Crippen molar-refractivity contribution in [3.8, 4) is 0 Å². The van der Waals surface area contributed by atoms with Crippen molar-refractivity contribution in [3.05, 3.63) is 21.9 Å². The van der Waals surface area contributed by atoms with Crippen LogP contribution in [0.15, 0.2) is 11.4 Å². The molecule has 0 spiro atoms. The van der Waals surface area contributed by atoms with Crippen LogP contribution in [0.2, 0.25) is 0 Å². The molecule has 0 saturated heterocycles. The van der Waals surface area contributed by atoms with Gasteiger partial charge >= 0.3 is 5.97 Å². The molecule has 1 atom stereocenters. The summed E-state index contributed by atoms with van der Waals surface area (Å²) in [5.41, 5.74) is 1.10. The zero-order valence-electron chi connectivity index (χ0n) is 8.32. The number of thiophene rings is 1. The Morgan fingerprint density at radius 3 is 3.00 bits per heavy atom. The molecule has 0 aliphatic heterocycles. The van der Waals surface area contributed by atoms with Crippen molar-refractivity contribution in [1.29, 1.82) is 0 Å². The van der Waals surface area contributed by atoms with E-state index in [1.54, 1.807) is 0 Å². The van der Waals surface area contributed by atoms with Gasteiger partial charge in [0, 0.05) is 4.88 Å². The summed E-state index contributed by atoms with van der Waals surface area (Å²) in [6, 6.07) is 1.97. The predicted octanol–water partition coefficient (Wildman–Crippen LogP) is 1.91. The zero-order chi connectivity index (χ0) is 10.6. The molecule has 0 radical (unpaired) electrons. The molecule has 0 amide bonds. The average molecular weight is 214 g/mol. The fourth-order valence-corrected chi connectivity index (χ4v) is 2.25. The molecular formula is C10H14O3S. The Morgan fingerprint density at radius 2 is 2.43 bits per heavy atom. The monoisotopic (exact) mass is 214 g/mol. The molecule has 0 fully saturated rings. The maximum absolute atomic E-state index is 10.9. The number of carbonyl (C=O) groups excluding carboxylic acids is 1. The first-order chi connectivity index (χ1) is 6.69. The third kappa shape index (κ3) is 2.56. The van der Waals surface area contributed by atoms with E-state index in [4.69, 9.17) is 0 Å². The smallest absolute Gasteiger partial charge is 0.308 e. The third-order valence-electron chi connectivity index (χ3n) is 2.05. The molecule has 4 heteroatoms. The van der Waals surface area contributed by atoms with Crippen LogP contribution in [-0.2, 0) is 16.0 Å². The van der Waals surface area contributed by atoms with E-state index in [0.717, 1.165) is 16.9 Å². The van der Waals surface area contributed by atoms with Crippen molar-refractivity contribution in [2.45, 2.75) is 25.9 Å². The molecule has 0 aliphatic rings. The number of methoxy groups -OCH3 is 1. The fourth-order valence-electron chi connectivity index (χ4n) is 1.27. The molecule has 78 valence electrons. The standard InChI is InChI=1S/C10H14O3S/c1-3-7-4-5-14-10(7)8(11)6-9(12)13-2/h4-5,8,11H,3,6H2,1-2H3. The summed E-state index contributed by atoms with van der Waals surface area (Å²) in [6.45, 7) is 2.02. The van der Waals surface area contributed by atoms with Gasteiger partial charge in [-0.3, -0.25) is 4.79 Å². The molecule has 1 heterocycles. The lowest BCUT2D eigenvalue weighted by Gasteiger charge is -2.08. The topological polar surface area (TPSA) is 46.5 Å². The molecule has 1 aromatic rings. The van der Waals surface area contributed by atoms with Crippen LogP contribution in [0, 0.1) is 0 Å². The lowest BCUT2D eigenvalue weighted by Crippen LogP contribution is -2.08. The van der Waals surface area contributed by atoms with E-state index in [1.165, 1.54) is 18.4 Å². The number of ether oxygens (including phenoxy) is 1. The molecule has 1 aromatic heterocycles.